The molecule has 2 aliphatic heterocycles. The molecular formula is C31H44N4O6S2. The van der Waals surface area contributed by atoms with Gasteiger partial charge in [0.25, 0.3) is 5.91 Å². The number of anilines is 4. The SMILES string of the molecule is CC1N(S(=O)(=O)C(C)(C)C)c2cc(NC(=O)c3ccc(NS(=O)(=O)CCO)cc3N3CCC4(CC3)CC4)ccc2C1(C)C. The second-order valence-corrected chi connectivity index (χ2v) is 18.3. The lowest BCUT2D eigenvalue weighted by Crippen LogP contribution is -2.49. The molecule has 1 atom stereocenters. The molecule has 0 radical (unpaired) electrons. The van der Waals surface area contributed by atoms with Gasteiger partial charge in [0.2, 0.25) is 20.0 Å². The molecule has 1 amide bonds. The van der Waals surface area contributed by atoms with Gasteiger partial charge in [-0.2, -0.15) is 0 Å². The topological polar surface area (TPSA) is 136 Å². The zero-order chi connectivity index (χ0) is 31.6. The summed E-state index contributed by atoms with van der Waals surface area (Å²) in [6.07, 6.45) is 4.49. The van der Waals surface area contributed by atoms with E-state index < -0.39 is 42.6 Å². The minimum absolute atomic E-state index is 0.319. The first-order chi connectivity index (χ1) is 19.9. The maximum absolute atomic E-state index is 13.8. The van der Waals surface area contributed by atoms with E-state index in [1.165, 1.54) is 17.1 Å². The third kappa shape index (κ3) is 5.85. The number of carbonyl (C=O) groups is 1. The van der Waals surface area contributed by atoms with Gasteiger partial charge in [-0.15, -0.1) is 0 Å². The van der Waals surface area contributed by atoms with Gasteiger partial charge in [-0.25, -0.2) is 16.8 Å². The Balaban J connectivity index is 1.48. The maximum Gasteiger partial charge on any atom is 0.257 e. The molecule has 1 unspecified atom stereocenters. The molecule has 5 rings (SSSR count). The summed E-state index contributed by atoms with van der Waals surface area (Å²) in [7, 11) is -7.46. The number of aliphatic hydroxyl groups excluding tert-OH is 1. The van der Waals surface area contributed by atoms with Crippen molar-refractivity contribution < 1.29 is 26.7 Å². The molecule has 2 aromatic rings. The molecule has 1 saturated carbocycles. The summed E-state index contributed by atoms with van der Waals surface area (Å²) < 4.78 is 55.1. The Morgan fingerprint density at radius 1 is 0.953 bits per heavy atom. The summed E-state index contributed by atoms with van der Waals surface area (Å²) in [4.78, 5) is 15.9. The van der Waals surface area contributed by atoms with Crippen molar-refractivity contribution in [3.05, 3.63) is 47.5 Å². The van der Waals surface area contributed by atoms with Gasteiger partial charge in [0, 0.05) is 24.2 Å². The fraction of sp³-hybridized carbons (Fsp3) is 0.581. The standard InChI is InChI=1S/C31H44N4O6S2/c1-21-30(5,6)25-10-8-22(19-27(25)35(21)43(40,41)29(2,3)4)32-28(37)24-9-7-23(33-42(38,39)18-17-36)20-26(24)34-15-13-31(11-12-31)14-16-34/h7-10,19-21,33,36H,11-18H2,1-6H3,(H,32,37). The lowest BCUT2D eigenvalue weighted by atomic mass is 9.81. The second kappa shape index (κ2) is 10.7. The van der Waals surface area contributed by atoms with E-state index in [0.29, 0.717) is 33.7 Å². The summed E-state index contributed by atoms with van der Waals surface area (Å²) >= 11 is 0. The Kier molecular flexibility index (Phi) is 7.83. The zero-order valence-electron chi connectivity index (χ0n) is 25.9. The lowest BCUT2D eigenvalue weighted by molar-refractivity contribution is 0.102. The monoisotopic (exact) mass is 632 g/mol. The van der Waals surface area contributed by atoms with Crippen LogP contribution in [-0.2, 0) is 25.5 Å². The third-order valence-corrected chi connectivity index (χ3v) is 13.5. The average Bonchev–Trinajstić information content (AvgIpc) is 3.62. The molecule has 10 nitrogen and oxygen atoms in total. The highest BCUT2D eigenvalue weighted by molar-refractivity contribution is 7.94. The van der Waals surface area contributed by atoms with Crippen LogP contribution in [0.1, 0.15) is 83.1 Å². The highest BCUT2D eigenvalue weighted by Crippen LogP contribution is 2.54. The second-order valence-electron chi connectivity index (χ2n) is 13.9. The number of nitrogens with zero attached hydrogens (tertiary/aromatic N) is 2. The molecule has 2 fully saturated rings. The van der Waals surface area contributed by atoms with E-state index in [9.17, 15) is 21.6 Å². The number of benzene rings is 2. The van der Waals surface area contributed by atoms with Crippen molar-refractivity contribution in [1.29, 1.82) is 0 Å². The first kappa shape index (κ1) is 31.6. The summed E-state index contributed by atoms with van der Waals surface area (Å²) in [5.41, 5.74) is 3.25. The first-order valence-electron chi connectivity index (χ1n) is 14.9. The van der Waals surface area contributed by atoms with E-state index in [1.54, 1.807) is 51.1 Å². The largest absolute Gasteiger partial charge is 0.395 e. The van der Waals surface area contributed by atoms with Gasteiger partial charge in [0.15, 0.2) is 0 Å². The van der Waals surface area contributed by atoms with E-state index >= 15 is 0 Å². The highest BCUT2D eigenvalue weighted by Gasteiger charge is 2.50. The van der Waals surface area contributed by atoms with Crippen molar-refractivity contribution in [3.8, 4) is 0 Å². The molecule has 0 bridgehead atoms. The van der Waals surface area contributed by atoms with Gasteiger partial charge in [-0.1, -0.05) is 19.9 Å². The Bertz CT molecular complexity index is 1630. The van der Waals surface area contributed by atoms with Crippen LogP contribution in [0.3, 0.4) is 0 Å². The van der Waals surface area contributed by atoms with Crippen molar-refractivity contribution in [2.24, 2.45) is 5.41 Å². The number of sulfonamides is 2. The van der Waals surface area contributed by atoms with Crippen LogP contribution >= 0.6 is 0 Å². The van der Waals surface area contributed by atoms with Gasteiger partial charge in [-0.3, -0.25) is 13.8 Å². The normalized spacial score (nSPS) is 21.0. The van der Waals surface area contributed by atoms with Crippen LogP contribution in [0.5, 0.6) is 0 Å². The van der Waals surface area contributed by atoms with Crippen LogP contribution in [0, 0.1) is 5.41 Å². The van der Waals surface area contributed by atoms with Crippen molar-refractivity contribution in [1.82, 2.24) is 0 Å². The lowest BCUT2D eigenvalue weighted by Gasteiger charge is -2.35. The van der Waals surface area contributed by atoms with Gasteiger partial charge in [0.05, 0.1) is 45.8 Å². The Hall–Kier alpha value is -2.83. The minimum Gasteiger partial charge on any atom is -0.395 e. The number of nitrogens with one attached hydrogen (secondary N) is 2. The fourth-order valence-corrected chi connectivity index (χ4v) is 8.70. The van der Waals surface area contributed by atoms with Crippen molar-refractivity contribution in [3.63, 3.8) is 0 Å². The molecule has 236 valence electrons. The van der Waals surface area contributed by atoms with E-state index in [0.717, 1.165) is 31.5 Å². The average molecular weight is 633 g/mol. The zero-order valence-corrected chi connectivity index (χ0v) is 27.5. The predicted molar refractivity (Wildman–Crippen MR) is 172 cm³/mol. The number of hydrogen-bond acceptors (Lipinski definition) is 7. The Morgan fingerprint density at radius 2 is 1.56 bits per heavy atom. The molecule has 43 heavy (non-hydrogen) atoms. The van der Waals surface area contributed by atoms with Crippen molar-refractivity contribution in [2.75, 3.05) is 44.7 Å². The van der Waals surface area contributed by atoms with E-state index in [4.69, 9.17) is 5.11 Å². The summed E-state index contributed by atoms with van der Waals surface area (Å²) in [6, 6.07) is 9.94. The third-order valence-electron chi connectivity index (χ3n) is 9.61. The number of hydrogen-bond donors (Lipinski definition) is 3. The molecule has 3 aliphatic rings. The fourth-order valence-electron chi connectivity index (χ4n) is 6.19. The molecule has 2 aromatic carbocycles. The molecule has 12 heteroatoms. The summed E-state index contributed by atoms with van der Waals surface area (Å²) in [6.45, 7) is 12.1. The molecular weight excluding hydrogens is 588 g/mol. The van der Waals surface area contributed by atoms with E-state index in [2.05, 4.69) is 14.9 Å². The predicted octanol–water partition coefficient (Wildman–Crippen LogP) is 4.67. The smallest absolute Gasteiger partial charge is 0.257 e. The van der Waals surface area contributed by atoms with Gasteiger partial charge < -0.3 is 15.3 Å². The quantitative estimate of drug-likeness (QED) is 0.385. The molecule has 1 saturated heterocycles. The molecule has 0 aromatic heterocycles. The van der Waals surface area contributed by atoms with Crippen LogP contribution in [0.4, 0.5) is 22.7 Å². The van der Waals surface area contributed by atoms with Crippen molar-refractivity contribution >= 4 is 48.7 Å². The molecule has 1 spiro atoms. The molecule has 2 heterocycles. The number of amides is 1. The number of carbonyl (C=O) groups excluding carboxylic acids is 1. The highest BCUT2D eigenvalue weighted by atomic mass is 32.2. The minimum atomic E-state index is -3.74. The van der Waals surface area contributed by atoms with Crippen molar-refractivity contribution in [2.45, 2.75) is 83.4 Å². The molecule has 1 aliphatic carbocycles. The molecule has 3 N–H and O–H groups in total. The first-order valence-corrected chi connectivity index (χ1v) is 18.0. The van der Waals surface area contributed by atoms with Crippen LogP contribution in [-0.4, -0.2) is 64.1 Å². The Morgan fingerprint density at radius 3 is 2.14 bits per heavy atom. The van der Waals surface area contributed by atoms with Gasteiger partial charge in [0.1, 0.15) is 0 Å². The van der Waals surface area contributed by atoms with E-state index in [-0.39, 0.29) is 11.9 Å². The Labute approximate surface area is 256 Å². The number of rotatable bonds is 8. The summed E-state index contributed by atoms with van der Waals surface area (Å²) in [5.74, 6) is -0.797. The van der Waals surface area contributed by atoms with Gasteiger partial charge in [-0.05, 0) is 94.7 Å². The van der Waals surface area contributed by atoms with Crippen LogP contribution in [0.25, 0.3) is 0 Å². The number of fused-ring (bicyclic) bond motifs is 1. The maximum atomic E-state index is 13.8. The number of piperidine rings is 1. The van der Waals surface area contributed by atoms with Crippen LogP contribution < -0.4 is 19.2 Å². The van der Waals surface area contributed by atoms with Crippen LogP contribution in [0.15, 0.2) is 36.4 Å². The van der Waals surface area contributed by atoms with Gasteiger partial charge >= 0.3 is 0 Å². The van der Waals surface area contributed by atoms with Crippen LogP contribution in [0.2, 0.25) is 0 Å². The number of aliphatic hydroxyl groups is 1. The van der Waals surface area contributed by atoms with E-state index in [1.807, 2.05) is 26.8 Å². The summed E-state index contributed by atoms with van der Waals surface area (Å²) in [5, 5.41) is 12.1.